The molecule has 0 amide bonds. The van der Waals surface area contributed by atoms with Crippen LogP contribution in [0, 0.1) is 28.6 Å². The van der Waals surface area contributed by atoms with Gasteiger partial charge in [0.05, 0.1) is 6.61 Å². The number of fused-ring (bicyclic) bond motifs is 5. The molecule has 4 rings (SSSR count). The maximum Gasteiger partial charge on any atom is 0.178 e. The van der Waals surface area contributed by atoms with Gasteiger partial charge in [-0.3, -0.25) is 9.59 Å². The second kappa shape index (κ2) is 7.44. The lowest BCUT2D eigenvalue weighted by Crippen LogP contribution is -2.58. The summed E-state index contributed by atoms with van der Waals surface area (Å²) >= 11 is 0. The van der Waals surface area contributed by atoms with Crippen molar-refractivity contribution < 1.29 is 19.4 Å². The van der Waals surface area contributed by atoms with Crippen molar-refractivity contribution in [2.24, 2.45) is 28.6 Å². The number of allylic oxidation sites excluding steroid dienone is 4. The molecular weight excluding hydrogens is 366 g/mol. The first-order valence-electron chi connectivity index (χ1n) is 11.3. The first-order valence-corrected chi connectivity index (χ1v) is 11.3. The van der Waals surface area contributed by atoms with E-state index < -0.39 is 11.2 Å². The zero-order valence-corrected chi connectivity index (χ0v) is 18.0. The second-order valence-corrected chi connectivity index (χ2v) is 9.96. The highest BCUT2D eigenvalue weighted by Gasteiger charge is 2.67. The molecule has 6 atom stereocenters. The number of aliphatic hydroxyl groups is 1. The molecule has 1 unspecified atom stereocenters. The molecule has 4 aliphatic carbocycles. The van der Waals surface area contributed by atoms with E-state index in [1.54, 1.807) is 12.2 Å². The summed E-state index contributed by atoms with van der Waals surface area (Å²) in [4.78, 5) is 25.4. The summed E-state index contributed by atoms with van der Waals surface area (Å²) in [5.41, 5.74) is 0.206. The van der Waals surface area contributed by atoms with Crippen molar-refractivity contribution in [3.63, 3.8) is 0 Å². The van der Waals surface area contributed by atoms with Crippen LogP contribution in [0.2, 0.25) is 0 Å². The minimum Gasteiger partial charge on any atom is -0.365 e. The smallest absolute Gasteiger partial charge is 0.178 e. The molecule has 0 spiro atoms. The predicted octanol–water partition coefficient (Wildman–Crippen LogP) is 3.18. The molecule has 0 heterocycles. The van der Waals surface area contributed by atoms with Crippen LogP contribution in [0.3, 0.4) is 0 Å². The number of hydrogen-bond donors (Lipinski definition) is 2. The van der Waals surface area contributed by atoms with Gasteiger partial charge >= 0.3 is 0 Å². The first kappa shape index (κ1) is 21.0. The molecule has 0 aromatic carbocycles. The van der Waals surface area contributed by atoms with E-state index in [2.05, 4.69) is 26.1 Å². The van der Waals surface area contributed by atoms with Crippen LogP contribution >= 0.6 is 0 Å². The fraction of sp³-hybridized carbons (Fsp3) is 0.750. The van der Waals surface area contributed by atoms with E-state index >= 15 is 0 Å². The van der Waals surface area contributed by atoms with Gasteiger partial charge in [0.2, 0.25) is 0 Å². The third-order valence-corrected chi connectivity index (χ3v) is 8.38. The Morgan fingerprint density at radius 1 is 1.24 bits per heavy atom. The molecule has 0 aromatic heterocycles. The van der Waals surface area contributed by atoms with Gasteiger partial charge in [0.25, 0.3) is 0 Å². The number of nitrogens with one attached hydrogen (secondary N) is 1. The van der Waals surface area contributed by atoms with Gasteiger partial charge in [0.15, 0.2) is 11.6 Å². The van der Waals surface area contributed by atoms with Crippen LogP contribution < -0.4 is 5.32 Å². The summed E-state index contributed by atoms with van der Waals surface area (Å²) in [6.45, 7) is 8.41. The third-order valence-electron chi connectivity index (χ3n) is 8.38. The molecule has 2 N–H and O–H groups in total. The van der Waals surface area contributed by atoms with Gasteiger partial charge in [-0.25, -0.2) is 0 Å². The van der Waals surface area contributed by atoms with Crippen LogP contribution in [-0.2, 0) is 14.3 Å². The molecule has 3 fully saturated rings. The van der Waals surface area contributed by atoms with Crippen LogP contribution in [-0.4, -0.2) is 42.2 Å². The van der Waals surface area contributed by atoms with E-state index in [4.69, 9.17) is 4.74 Å². The number of carbonyl (C=O) groups excluding carboxylic acids is 2. The van der Waals surface area contributed by atoms with E-state index in [0.29, 0.717) is 26.0 Å². The molecule has 5 nitrogen and oxygen atoms in total. The van der Waals surface area contributed by atoms with E-state index in [1.165, 1.54) is 0 Å². The van der Waals surface area contributed by atoms with Gasteiger partial charge in [0.1, 0.15) is 5.78 Å². The number of ketones is 2. The molecule has 4 aliphatic rings. The highest BCUT2D eigenvalue weighted by molar-refractivity contribution is 6.01. The van der Waals surface area contributed by atoms with Crippen molar-refractivity contribution in [1.82, 2.24) is 5.32 Å². The third kappa shape index (κ3) is 3.17. The molecular formula is C24H35NO4. The Bertz CT molecular complexity index is 758. The van der Waals surface area contributed by atoms with Gasteiger partial charge in [-0.2, -0.15) is 0 Å². The van der Waals surface area contributed by atoms with Crippen LogP contribution in [0.4, 0.5) is 0 Å². The van der Waals surface area contributed by atoms with Crippen molar-refractivity contribution in [3.8, 4) is 0 Å². The summed E-state index contributed by atoms with van der Waals surface area (Å²) in [6, 6.07) is 0. The quantitative estimate of drug-likeness (QED) is 0.528. The van der Waals surface area contributed by atoms with Crippen LogP contribution in [0.1, 0.15) is 59.3 Å². The van der Waals surface area contributed by atoms with Crippen LogP contribution in [0.5, 0.6) is 0 Å². The average molecular weight is 402 g/mol. The Morgan fingerprint density at radius 2 is 2.03 bits per heavy atom. The molecule has 0 aromatic rings. The molecule has 29 heavy (non-hydrogen) atoms. The molecule has 0 radical (unpaired) electrons. The Labute approximate surface area is 174 Å². The summed E-state index contributed by atoms with van der Waals surface area (Å²) in [7, 11) is 0. The molecule has 3 saturated carbocycles. The summed E-state index contributed by atoms with van der Waals surface area (Å²) in [6.07, 6.45) is 10.0. The SMILES string of the molecule is CCCNCCOC1(O)CC[C@H]2[C@@H]3CCC4=CC(=O)C=C[C@]4(C)[C@H]3C(=O)C[C@@]21C. The van der Waals surface area contributed by atoms with Crippen molar-refractivity contribution in [3.05, 3.63) is 23.8 Å². The maximum absolute atomic E-state index is 13.5. The highest BCUT2D eigenvalue weighted by atomic mass is 16.6. The number of ether oxygens (including phenoxy) is 1. The Hall–Kier alpha value is -1.30. The maximum atomic E-state index is 13.5. The summed E-state index contributed by atoms with van der Waals surface area (Å²) in [5.74, 6) is -0.585. The minimum absolute atomic E-state index is 0.0318. The van der Waals surface area contributed by atoms with E-state index in [1.807, 2.05) is 6.08 Å². The Kier molecular flexibility index (Phi) is 5.37. The van der Waals surface area contributed by atoms with Gasteiger partial charge in [0, 0.05) is 36.1 Å². The summed E-state index contributed by atoms with van der Waals surface area (Å²) < 4.78 is 6.05. The van der Waals surface area contributed by atoms with Crippen molar-refractivity contribution in [2.75, 3.05) is 19.7 Å². The predicted molar refractivity (Wildman–Crippen MR) is 111 cm³/mol. The minimum atomic E-state index is -1.23. The van der Waals surface area contributed by atoms with Gasteiger partial charge < -0.3 is 15.2 Å². The number of hydrogen-bond acceptors (Lipinski definition) is 5. The molecule has 5 heteroatoms. The summed E-state index contributed by atoms with van der Waals surface area (Å²) in [5, 5.41) is 14.8. The van der Waals surface area contributed by atoms with Gasteiger partial charge in [-0.05, 0) is 56.2 Å². The monoisotopic (exact) mass is 401 g/mol. The van der Waals surface area contributed by atoms with E-state index in [0.717, 1.165) is 37.8 Å². The Morgan fingerprint density at radius 3 is 2.79 bits per heavy atom. The number of rotatable bonds is 6. The van der Waals surface area contributed by atoms with Crippen molar-refractivity contribution in [2.45, 2.75) is 65.1 Å². The fourth-order valence-electron chi connectivity index (χ4n) is 6.83. The number of carbonyl (C=O) groups is 2. The molecule has 0 saturated heterocycles. The van der Waals surface area contributed by atoms with Crippen LogP contribution in [0.25, 0.3) is 0 Å². The lowest BCUT2D eigenvalue weighted by Gasteiger charge is -2.56. The molecule has 0 bridgehead atoms. The lowest BCUT2D eigenvalue weighted by molar-refractivity contribution is -0.270. The second-order valence-electron chi connectivity index (χ2n) is 9.96. The normalized spacial score (nSPS) is 43.6. The van der Waals surface area contributed by atoms with Crippen molar-refractivity contribution >= 4 is 11.6 Å². The zero-order chi connectivity index (χ0) is 20.9. The topological polar surface area (TPSA) is 75.6 Å². The first-order chi connectivity index (χ1) is 13.7. The highest BCUT2D eigenvalue weighted by Crippen LogP contribution is 2.66. The van der Waals surface area contributed by atoms with E-state index in [-0.39, 0.29) is 34.7 Å². The van der Waals surface area contributed by atoms with Crippen LogP contribution in [0.15, 0.2) is 23.8 Å². The van der Waals surface area contributed by atoms with Gasteiger partial charge in [-0.1, -0.05) is 32.4 Å². The fourth-order valence-corrected chi connectivity index (χ4v) is 6.83. The lowest BCUT2D eigenvalue weighted by atomic mass is 9.47. The molecule has 160 valence electrons. The molecule has 0 aliphatic heterocycles. The van der Waals surface area contributed by atoms with E-state index in [9.17, 15) is 14.7 Å². The average Bonchev–Trinajstić information content (AvgIpc) is 2.93. The standard InChI is InChI=1S/C24H35NO4/c1-4-11-25-12-13-29-24(28)10-8-19-18-6-5-16-14-17(26)7-9-22(16,2)21(18)20(27)15-23(19,24)3/h7,9,14,18-19,21,25,28H,4-6,8,10-13,15H2,1-3H3/t18-,19-,21+,22-,23-,24?/m0/s1. The zero-order valence-electron chi connectivity index (χ0n) is 18.0. The van der Waals surface area contributed by atoms with Crippen molar-refractivity contribution in [1.29, 1.82) is 0 Å². The Balaban J connectivity index is 1.56. The van der Waals surface area contributed by atoms with Gasteiger partial charge in [-0.15, -0.1) is 0 Å². The number of Topliss-reactive ketones (excluding diaryl/α,β-unsaturated/α-hetero) is 1. The largest absolute Gasteiger partial charge is 0.365 e.